The Kier molecular flexibility index (Phi) is 4.16. The van der Waals surface area contributed by atoms with Crippen LogP contribution < -0.4 is 9.47 Å². The first-order valence-corrected chi connectivity index (χ1v) is 6.10. The highest BCUT2D eigenvalue weighted by Crippen LogP contribution is 2.34. The molecule has 0 N–H and O–H groups in total. The maximum atomic E-state index is 8.88. The first-order chi connectivity index (χ1) is 9.12. The molecule has 0 fully saturated rings. The molecule has 96 valence electrons. The van der Waals surface area contributed by atoms with Gasteiger partial charge in [0.05, 0.1) is 23.8 Å². The van der Waals surface area contributed by atoms with Crippen molar-refractivity contribution in [2.45, 2.75) is 0 Å². The SMILES string of the molecule is COc1ccc(Cl)c(Oc2cc(Cl)cc(C#N)c2)c1. The van der Waals surface area contributed by atoms with Crippen LogP contribution >= 0.6 is 23.2 Å². The summed E-state index contributed by atoms with van der Waals surface area (Å²) in [7, 11) is 1.56. The fourth-order valence-corrected chi connectivity index (χ4v) is 1.88. The Bertz CT molecular complexity index is 650. The van der Waals surface area contributed by atoms with Crippen molar-refractivity contribution in [2.75, 3.05) is 7.11 Å². The largest absolute Gasteiger partial charge is 0.497 e. The summed E-state index contributed by atoms with van der Waals surface area (Å²) in [5.41, 5.74) is 0.418. The van der Waals surface area contributed by atoms with Gasteiger partial charge < -0.3 is 9.47 Å². The van der Waals surface area contributed by atoms with Crippen LogP contribution in [0.2, 0.25) is 10.0 Å². The van der Waals surface area contributed by atoms with E-state index >= 15 is 0 Å². The van der Waals surface area contributed by atoms with Gasteiger partial charge in [-0.3, -0.25) is 0 Å². The van der Waals surface area contributed by atoms with E-state index in [1.54, 1.807) is 43.5 Å². The maximum absolute atomic E-state index is 8.88. The lowest BCUT2D eigenvalue weighted by atomic mass is 10.2. The van der Waals surface area contributed by atoms with Gasteiger partial charge in [-0.1, -0.05) is 23.2 Å². The Morgan fingerprint density at radius 2 is 1.84 bits per heavy atom. The Morgan fingerprint density at radius 1 is 1.05 bits per heavy atom. The molecule has 5 heteroatoms. The zero-order valence-electron chi connectivity index (χ0n) is 9.98. The second-order valence-electron chi connectivity index (χ2n) is 3.69. The molecule has 0 aliphatic heterocycles. The maximum Gasteiger partial charge on any atom is 0.149 e. The van der Waals surface area contributed by atoms with Crippen LogP contribution in [-0.4, -0.2) is 7.11 Å². The molecule has 2 rings (SSSR count). The van der Waals surface area contributed by atoms with Gasteiger partial charge in [-0.15, -0.1) is 0 Å². The van der Waals surface area contributed by atoms with Gasteiger partial charge in [-0.05, 0) is 30.3 Å². The molecule has 0 unspecified atom stereocenters. The zero-order chi connectivity index (χ0) is 13.8. The number of nitrogens with zero attached hydrogens (tertiary/aromatic N) is 1. The minimum Gasteiger partial charge on any atom is -0.497 e. The topological polar surface area (TPSA) is 42.2 Å². The minimum atomic E-state index is 0.418. The molecular formula is C14H9Cl2NO2. The standard InChI is InChI=1S/C14H9Cl2NO2/c1-18-11-2-3-13(16)14(7-11)19-12-5-9(8-17)4-10(15)6-12/h2-7H,1H3. The van der Waals surface area contributed by atoms with Gasteiger partial charge in [0, 0.05) is 11.1 Å². The normalized spacial score (nSPS) is 9.79. The molecule has 0 radical (unpaired) electrons. The van der Waals surface area contributed by atoms with Crippen LogP contribution in [-0.2, 0) is 0 Å². The molecule has 0 amide bonds. The predicted molar refractivity (Wildman–Crippen MR) is 74.2 cm³/mol. The van der Waals surface area contributed by atoms with Crippen molar-refractivity contribution in [1.82, 2.24) is 0 Å². The van der Waals surface area contributed by atoms with Gasteiger partial charge in [0.1, 0.15) is 17.2 Å². The van der Waals surface area contributed by atoms with Crippen molar-refractivity contribution in [2.24, 2.45) is 0 Å². The fourth-order valence-electron chi connectivity index (χ4n) is 1.50. The van der Waals surface area contributed by atoms with E-state index in [1.807, 2.05) is 6.07 Å². The summed E-state index contributed by atoms with van der Waals surface area (Å²) in [5.74, 6) is 1.51. The van der Waals surface area contributed by atoms with Crippen molar-refractivity contribution in [3.63, 3.8) is 0 Å². The fraction of sp³-hybridized carbons (Fsp3) is 0.0714. The molecule has 19 heavy (non-hydrogen) atoms. The Balaban J connectivity index is 2.36. The molecular weight excluding hydrogens is 285 g/mol. The van der Waals surface area contributed by atoms with Gasteiger partial charge >= 0.3 is 0 Å². The Hall–Kier alpha value is -1.89. The highest BCUT2D eigenvalue weighted by atomic mass is 35.5. The van der Waals surface area contributed by atoms with E-state index in [0.29, 0.717) is 32.9 Å². The lowest BCUT2D eigenvalue weighted by Crippen LogP contribution is -1.89. The summed E-state index contributed by atoms with van der Waals surface area (Å²) in [5, 5.41) is 9.75. The smallest absolute Gasteiger partial charge is 0.149 e. The number of ether oxygens (including phenoxy) is 2. The molecule has 2 aromatic carbocycles. The number of halogens is 2. The van der Waals surface area contributed by atoms with Crippen LogP contribution in [0.25, 0.3) is 0 Å². The highest BCUT2D eigenvalue weighted by Gasteiger charge is 2.07. The predicted octanol–water partition coefficient (Wildman–Crippen LogP) is 4.67. The van der Waals surface area contributed by atoms with Crippen LogP contribution in [0.3, 0.4) is 0 Å². The number of methoxy groups -OCH3 is 1. The average molecular weight is 294 g/mol. The third-order valence-electron chi connectivity index (χ3n) is 2.37. The van der Waals surface area contributed by atoms with Crippen LogP contribution in [0, 0.1) is 11.3 Å². The Labute approximate surface area is 120 Å². The van der Waals surface area contributed by atoms with Gasteiger partial charge in [0.25, 0.3) is 0 Å². The molecule has 0 heterocycles. The van der Waals surface area contributed by atoms with Crippen LogP contribution in [0.5, 0.6) is 17.2 Å². The summed E-state index contributed by atoms with van der Waals surface area (Å²) < 4.78 is 10.7. The summed E-state index contributed by atoms with van der Waals surface area (Å²) in [6.07, 6.45) is 0. The Morgan fingerprint density at radius 3 is 2.53 bits per heavy atom. The first-order valence-electron chi connectivity index (χ1n) is 5.34. The highest BCUT2D eigenvalue weighted by molar-refractivity contribution is 6.32. The van der Waals surface area contributed by atoms with Crippen LogP contribution in [0.1, 0.15) is 5.56 Å². The van der Waals surface area contributed by atoms with Gasteiger partial charge in [-0.25, -0.2) is 0 Å². The van der Waals surface area contributed by atoms with Gasteiger partial charge in [-0.2, -0.15) is 5.26 Å². The van der Waals surface area contributed by atoms with Crippen molar-refractivity contribution in [3.8, 4) is 23.3 Å². The van der Waals surface area contributed by atoms with E-state index in [9.17, 15) is 0 Å². The second-order valence-corrected chi connectivity index (χ2v) is 4.53. The first kappa shape index (κ1) is 13.5. The molecule has 0 aliphatic rings. The summed E-state index contributed by atoms with van der Waals surface area (Å²) in [6.45, 7) is 0. The average Bonchev–Trinajstić information content (AvgIpc) is 2.40. The van der Waals surface area contributed by atoms with Crippen molar-refractivity contribution >= 4 is 23.2 Å². The number of hydrogen-bond acceptors (Lipinski definition) is 3. The molecule has 2 aromatic rings. The van der Waals surface area contributed by atoms with Gasteiger partial charge in [0.15, 0.2) is 0 Å². The van der Waals surface area contributed by atoms with E-state index in [2.05, 4.69) is 0 Å². The molecule has 0 saturated carbocycles. The molecule has 0 bridgehead atoms. The lowest BCUT2D eigenvalue weighted by Gasteiger charge is -2.09. The quantitative estimate of drug-likeness (QED) is 0.826. The van der Waals surface area contributed by atoms with Crippen LogP contribution in [0.4, 0.5) is 0 Å². The van der Waals surface area contributed by atoms with Crippen LogP contribution in [0.15, 0.2) is 36.4 Å². The molecule has 0 saturated heterocycles. The molecule has 0 spiro atoms. The third kappa shape index (κ3) is 3.31. The van der Waals surface area contributed by atoms with Crippen molar-refractivity contribution < 1.29 is 9.47 Å². The van der Waals surface area contributed by atoms with E-state index in [-0.39, 0.29) is 0 Å². The van der Waals surface area contributed by atoms with Crippen molar-refractivity contribution in [3.05, 3.63) is 52.0 Å². The molecule has 0 atom stereocenters. The number of nitriles is 1. The lowest BCUT2D eigenvalue weighted by molar-refractivity contribution is 0.409. The molecule has 3 nitrogen and oxygen atoms in total. The summed E-state index contributed by atoms with van der Waals surface area (Å²) >= 11 is 11.9. The third-order valence-corrected chi connectivity index (χ3v) is 2.90. The molecule has 0 aliphatic carbocycles. The van der Waals surface area contributed by atoms with Crippen molar-refractivity contribution in [1.29, 1.82) is 5.26 Å². The summed E-state index contributed by atoms with van der Waals surface area (Å²) in [4.78, 5) is 0. The summed E-state index contributed by atoms with van der Waals surface area (Å²) in [6, 6.07) is 11.8. The van der Waals surface area contributed by atoms with E-state index in [0.717, 1.165) is 0 Å². The number of benzene rings is 2. The molecule has 0 aromatic heterocycles. The minimum absolute atomic E-state index is 0.418. The van der Waals surface area contributed by atoms with Gasteiger partial charge in [0.2, 0.25) is 0 Å². The number of hydrogen-bond donors (Lipinski definition) is 0. The van der Waals surface area contributed by atoms with E-state index in [4.69, 9.17) is 37.9 Å². The monoisotopic (exact) mass is 293 g/mol. The van der Waals surface area contributed by atoms with E-state index < -0.39 is 0 Å². The number of rotatable bonds is 3. The van der Waals surface area contributed by atoms with E-state index in [1.165, 1.54) is 0 Å². The second kappa shape index (κ2) is 5.83. The zero-order valence-corrected chi connectivity index (χ0v) is 11.5.